The molecule has 4 unspecified atom stereocenters. The topological polar surface area (TPSA) is 35.5 Å². The average Bonchev–Trinajstić information content (AvgIpc) is 2.97. The lowest BCUT2D eigenvalue weighted by Gasteiger charge is -2.33. The van der Waals surface area contributed by atoms with Gasteiger partial charge in [0, 0.05) is 18.6 Å². The third-order valence-corrected chi connectivity index (χ3v) is 5.05. The molecule has 2 aliphatic heterocycles. The van der Waals surface area contributed by atoms with Crippen molar-refractivity contribution in [2.75, 3.05) is 19.6 Å². The van der Waals surface area contributed by atoms with Crippen LogP contribution in [0.3, 0.4) is 0 Å². The third kappa shape index (κ3) is 2.26. The molecular weight excluding hydrogens is 236 g/mol. The number of rotatable bonds is 3. The van der Waals surface area contributed by atoms with Crippen LogP contribution in [0.1, 0.15) is 31.9 Å². The Morgan fingerprint density at radius 1 is 1.32 bits per heavy atom. The number of aromatic hydroxyl groups is 1. The maximum absolute atomic E-state index is 9.44. The van der Waals surface area contributed by atoms with Gasteiger partial charge >= 0.3 is 0 Å². The minimum absolute atomic E-state index is 0.356. The lowest BCUT2D eigenvalue weighted by atomic mass is 9.95. The van der Waals surface area contributed by atoms with Gasteiger partial charge in [0.15, 0.2) is 0 Å². The van der Waals surface area contributed by atoms with E-state index in [1.54, 1.807) is 12.1 Å². The van der Waals surface area contributed by atoms with Crippen LogP contribution in [0.2, 0.25) is 0 Å². The highest BCUT2D eigenvalue weighted by molar-refractivity contribution is 5.28. The summed E-state index contributed by atoms with van der Waals surface area (Å²) in [5.41, 5.74) is 1.33. The van der Waals surface area contributed by atoms with Crippen LogP contribution in [0.5, 0.6) is 5.75 Å². The molecule has 3 nitrogen and oxygen atoms in total. The van der Waals surface area contributed by atoms with Gasteiger partial charge in [-0.1, -0.05) is 19.1 Å². The monoisotopic (exact) mass is 260 g/mol. The number of nitrogens with one attached hydrogen (secondary N) is 1. The molecule has 2 aliphatic rings. The Hall–Kier alpha value is -1.06. The number of benzene rings is 1. The number of phenols is 1. The summed E-state index contributed by atoms with van der Waals surface area (Å²) in [5.74, 6) is 1.99. The third-order valence-electron chi connectivity index (χ3n) is 5.05. The van der Waals surface area contributed by atoms with Crippen LogP contribution in [0.4, 0.5) is 0 Å². The summed E-state index contributed by atoms with van der Waals surface area (Å²) in [6.45, 7) is 8.20. The molecule has 3 heteroatoms. The molecule has 2 saturated heterocycles. The highest BCUT2D eigenvalue weighted by Crippen LogP contribution is 2.39. The first kappa shape index (κ1) is 12.9. The molecule has 2 heterocycles. The fourth-order valence-corrected chi connectivity index (χ4v) is 3.97. The van der Waals surface area contributed by atoms with Gasteiger partial charge < -0.3 is 10.4 Å². The Labute approximate surface area is 115 Å². The Kier molecular flexibility index (Phi) is 3.50. The van der Waals surface area contributed by atoms with E-state index in [0.717, 1.165) is 18.3 Å². The predicted octanol–water partition coefficient (Wildman–Crippen LogP) is 2.38. The second kappa shape index (κ2) is 5.14. The quantitative estimate of drug-likeness (QED) is 0.876. The predicted molar refractivity (Wildman–Crippen MR) is 77.2 cm³/mol. The van der Waals surface area contributed by atoms with E-state index in [-0.39, 0.29) is 0 Å². The standard InChI is InChI=1S/C16H24N2O/c1-3-16(12-4-6-14(19)7-5-12)18-10-13-8-17-9-15(13)11(18)2/h4-7,11,13,15-17,19H,3,8-10H2,1-2H3. The van der Waals surface area contributed by atoms with Crippen molar-refractivity contribution >= 4 is 0 Å². The van der Waals surface area contributed by atoms with E-state index < -0.39 is 0 Å². The number of likely N-dealkylation sites (tertiary alicyclic amines) is 1. The van der Waals surface area contributed by atoms with Crippen LogP contribution in [0.25, 0.3) is 0 Å². The molecular formula is C16H24N2O. The molecule has 1 aromatic rings. The molecule has 0 aliphatic carbocycles. The van der Waals surface area contributed by atoms with E-state index in [1.807, 2.05) is 0 Å². The lowest BCUT2D eigenvalue weighted by molar-refractivity contribution is 0.166. The fourth-order valence-electron chi connectivity index (χ4n) is 3.97. The van der Waals surface area contributed by atoms with Gasteiger partial charge in [-0.2, -0.15) is 0 Å². The smallest absolute Gasteiger partial charge is 0.115 e. The Balaban J connectivity index is 1.81. The van der Waals surface area contributed by atoms with Crippen LogP contribution in [0, 0.1) is 11.8 Å². The first-order valence-corrected chi connectivity index (χ1v) is 7.46. The van der Waals surface area contributed by atoms with Crippen LogP contribution in [-0.2, 0) is 0 Å². The number of phenolic OH excluding ortho intramolecular Hbond substituents is 1. The minimum Gasteiger partial charge on any atom is -0.508 e. The molecule has 0 amide bonds. The summed E-state index contributed by atoms with van der Waals surface area (Å²) in [7, 11) is 0. The van der Waals surface area contributed by atoms with Crippen molar-refractivity contribution in [1.29, 1.82) is 0 Å². The van der Waals surface area contributed by atoms with Crippen molar-refractivity contribution in [3.05, 3.63) is 29.8 Å². The van der Waals surface area contributed by atoms with E-state index >= 15 is 0 Å². The van der Waals surface area contributed by atoms with Gasteiger partial charge in [0.1, 0.15) is 5.75 Å². The molecule has 4 atom stereocenters. The fraction of sp³-hybridized carbons (Fsp3) is 0.625. The first-order chi connectivity index (χ1) is 9.20. The molecule has 2 fully saturated rings. The minimum atomic E-state index is 0.356. The van der Waals surface area contributed by atoms with Gasteiger partial charge in [-0.3, -0.25) is 4.90 Å². The Morgan fingerprint density at radius 2 is 2.05 bits per heavy atom. The maximum Gasteiger partial charge on any atom is 0.115 e. The normalized spacial score (nSPS) is 32.4. The zero-order chi connectivity index (χ0) is 13.4. The van der Waals surface area contributed by atoms with Crippen molar-refractivity contribution in [3.8, 4) is 5.75 Å². The van der Waals surface area contributed by atoms with Crippen LogP contribution >= 0.6 is 0 Å². The molecule has 0 radical (unpaired) electrons. The van der Waals surface area contributed by atoms with Crippen LogP contribution < -0.4 is 5.32 Å². The second-order valence-electron chi connectivity index (χ2n) is 6.04. The number of nitrogens with zero attached hydrogens (tertiary/aromatic N) is 1. The SMILES string of the molecule is CCC(c1ccc(O)cc1)N1CC2CNCC2C1C. The van der Waals surface area contributed by atoms with Crippen molar-refractivity contribution in [2.24, 2.45) is 11.8 Å². The summed E-state index contributed by atoms with van der Waals surface area (Å²) < 4.78 is 0. The van der Waals surface area contributed by atoms with Crippen molar-refractivity contribution in [3.63, 3.8) is 0 Å². The van der Waals surface area contributed by atoms with Crippen LogP contribution in [-0.4, -0.2) is 35.7 Å². The first-order valence-electron chi connectivity index (χ1n) is 7.46. The Morgan fingerprint density at radius 3 is 2.68 bits per heavy atom. The Bertz CT molecular complexity index is 431. The summed E-state index contributed by atoms with van der Waals surface area (Å²) in [4.78, 5) is 2.67. The number of fused-ring (bicyclic) bond motifs is 1. The number of hydrogen-bond donors (Lipinski definition) is 2. The summed E-state index contributed by atoms with van der Waals surface area (Å²) in [5, 5.41) is 13.0. The molecule has 0 bridgehead atoms. The van der Waals surface area contributed by atoms with Gasteiger partial charge in [-0.25, -0.2) is 0 Å². The van der Waals surface area contributed by atoms with E-state index in [1.165, 1.54) is 25.2 Å². The van der Waals surface area contributed by atoms with E-state index in [9.17, 15) is 5.11 Å². The van der Waals surface area contributed by atoms with Gasteiger partial charge in [-0.05, 0) is 56.0 Å². The van der Waals surface area contributed by atoms with Gasteiger partial charge in [-0.15, -0.1) is 0 Å². The summed E-state index contributed by atoms with van der Waals surface area (Å²) in [6.07, 6.45) is 1.13. The van der Waals surface area contributed by atoms with Gasteiger partial charge in [0.05, 0.1) is 0 Å². The molecule has 0 spiro atoms. The molecule has 1 aromatic carbocycles. The second-order valence-corrected chi connectivity index (χ2v) is 6.04. The molecule has 104 valence electrons. The lowest BCUT2D eigenvalue weighted by Crippen LogP contribution is -2.36. The zero-order valence-electron chi connectivity index (χ0n) is 11.8. The maximum atomic E-state index is 9.44. The number of hydrogen-bond acceptors (Lipinski definition) is 3. The molecule has 19 heavy (non-hydrogen) atoms. The van der Waals surface area contributed by atoms with Crippen molar-refractivity contribution in [2.45, 2.75) is 32.4 Å². The molecule has 0 aromatic heterocycles. The zero-order valence-corrected chi connectivity index (χ0v) is 11.8. The summed E-state index contributed by atoms with van der Waals surface area (Å²) >= 11 is 0. The largest absolute Gasteiger partial charge is 0.508 e. The van der Waals surface area contributed by atoms with Crippen LogP contribution in [0.15, 0.2) is 24.3 Å². The molecule has 0 saturated carbocycles. The van der Waals surface area contributed by atoms with Gasteiger partial charge in [0.2, 0.25) is 0 Å². The van der Waals surface area contributed by atoms with Crippen molar-refractivity contribution in [1.82, 2.24) is 10.2 Å². The van der Waals surface area contributed by atoms with Crippen molar-refractivity contribution < 1.29 is 5.11 Å². The molecule has 3 rings (SSSR count). The summed E-state index contributed by atoms with van der Waals surface area (Å²) in [6, 6.07) is 8.90. The molecule has 2 N–H and O–H groups in total. The highest BCUT2D eigenvalue weighted by Gasteiger charge is 2.43. The highest BCUT2D eigenvalue weighted by atomic mass is 16.3. The van der Waals surface area contributed by atoms with E-state index in [4.69, 9.17) is 0 Å². The van der Waals surface area contributed by atoms with E-state index in [2.05, 4.69) is 36.2 Å². The van der Waals surface area contributed by atoms with E-state index in [0.29, 0.717) is 17.8 Å². The average molecular weight is 260 g/mol. The van der Waals surface area contributed by atoms with Gasteiger partial charge in [0.25, 0.3) is 0 Å².